The van der Waals surface area contributed by atoms with Crippen molar-refractivity contribution in [2.24, 2.45) is 11.5 Å². The molecule has 5 N–H and O–H groups in total. The average Bonchev–Trinajstić information content (AvgIpc) is 2.16. The lowest BCUT2D eigenvalue weighted by Crippen LogP contribution is -2.25. The van der Waals surface area contributed by atoms with E-state index in [9.17, 15) is 4.79 Å². The number of nitrogens with zero attached hydrogens (tertiary/aromatic N) is 1. The number of pyridine rings is 1. The van der Waals surface area contributed by atoms with Gasteiger partial charge in [-0.25, -0.2) is 0 Å². The van der Waals surface area contributed by atoms with Crippen molar-refractivity contribution < 1.29 is 4.79 Å². The summed E-state index contributed by atoms with van der Waals surface area (Å²) in [7, 11) is 0. The minimum Gasteiger partial charge on any atom is -0.389 e. The van der Waals surface area contributed by atoms with Crippen LogP contribution in [0.1, 0.15) is 18.9 Å². The summed E-state index contributed by atoms with van der Waals surface area (Å²) in [6, 6.07) is 1.64. The number of rotatable bonds is 5. The third-order valence-corrected chi connectivity index (χ3v) is 2.22. The van der Waals surface area contributed by atoms with E-state index in [2.05, 4.69) is 10.3 Å². The van der Waals surface area contributed by atoms with Crippen molar-refractivity contribution in [3.05, 3.63) is 24.0 Å². The lowest BCUT2D eigenvalue weighted by Gasteiger charge is -2.15. The number of aromatic nitrogens is 1. The number of hydrogen-bond acceptors (Lipinski definition) is 4. The van der Waals surface area contributed by atoms with Crippen LogP contribution < -0.4 is 16.8 Å². The number of carbonyl (C=O) groups excluding carboxylic acids is 1. The maximum atomic E-state index is 10.7. The van der Waals surface area contributed by atoms with E-state index in [1.54, 1.807) is 18.5 Å². The molecule has 0 saturated carbocycles. The van der Waals surface area contributed by atoms with Crippen molar-refractivity contribution in [1.29, 1.82) is 0 Å². The number of nitrogens with one attached hydrogen (secondary N) is 1. The van der Waals surface area contributed by atoms with E-state index in [4.69, 9.17) is 23.7 Å². The van der Waals surface area contributed by atoms with E-state index in [1.165, 1.54) is 0 Å². The fourth-order valence-corrected chi connectivity index (χ4v) is 1.52. The molecular formula is C10H14N4OS. The fourth-order valence-electron chi connectivity index (χ4n) is 1.34. The largest absolute Gasteiger partial charge is 0.389 e. The van der Waals surface area contributed by atoms with Crippen LogP contribution >= 0.6 is 12.2 Å². The summed E-state index contributed by atoms with van der Waals surface area (Å²) < 4.78 is 0. The van der Waals surface area contributed by atoms with Crippen LogP contribution in [0, 0.1) is 0 Å². The first-order chi connectivity index (χ1) is 7.50. The SMILES string of the molecule is CC(CC(N)=O)Nc1cnccc1C(N)=S. The second-order valence-corrected chi connectivity index (χ2v) is 3.94. The van der Waals surface area contributed by atoms with Crippen molar-refractivity contribution in [3.63, 3.8) is 0 Å². The smallest absolute Gasteiger partial charge is 0.219 e. The van der Waals surface area contributed by atoms with Crippen LogP contribution in [0.4, 0.5) is 5.69 Å². The highest BCUT2D eigenvalue weighted by atomic mass is 32.1. The Morgan fingerprint density at radius 3 is 2.88 bits per heavy atom. The molecule has 1 aromatic heterocycles. The van der Waals surface area contributed by atoms with E-state index >= 15 is 0 Å². The standard InChI is InChI=1S/C10H14N4OS/c1-6(4-9(11)15)14-8-5-13-3-2-7(8)10(12)16/h2-3,5-6,14H,4H2,1H3,(H2,11,15)(H2,12,16). The molecule has 6 heteroatoms. The topological polar surface area (TPSA) is 94.0 Å². The maximum Gasteiger partial charge on any atom is 0.219 e. The predicted octanol–water partition coefficient (Wildman–Crippen LogP) is 0.392. The molecule has 1 amide bonds. The summed E-state index contributed by atoms with van der Waals surface area (Å²) >= 11 is 4.91. The van der Waals surface area contributed by atoms with Crippen molar-refractivity contribution >= 4 is 28.8 Å². The van der Waals surface area contributed by atoms with E-state index in [0.29, 0.717) is 11.3 Å². The first-order valence-electron chi connectivity index (χ1n) is 4.79. The zero-order chi connectivity index (χ0) is 12.1. The van der Waals surface area contributed by atoms with E-state index in [0.717, 1.165) is 0 Å². The molecule has 0 radical (unpaired) electrons. The lowest BCUT2D eigenvalue weighted by atomic mass is 10.2. The van der Waals surface area contributed by atoms with Gasteiger partial charge in [-0.3, -0.25) is 9.78 Å². The van der Waals surface area contributed by atoms with E-state index < -0.39 is 0 Å². The predicted molar refractivity (Wildman–Crippen MR) is 67.0 cm³/mol. The third kappa shape index (κ3) is 3.47. The Hall–Kier alpha value is -1.69. The van der Waals surface area contributed by atoms with E-state index in [-0.39, 0.29) is 23.4 Å². The zero-order valence-electron chi connectivity index (χ0n) is 8.93. The second-order valence-electron chi connectivity index (χ2n) is 3.50. The molecule has 0 aliphatic carbocycles. The van der Waals surface area contributed by atoms with Gasteiger partial charge < -0.3 is 16.8 Å². The Labute approximate surface area is 99.2 Å². The molecule has 5 nitrogen and oxygen atoms in total. The van der Waals surface area contributed by atoms with Crippen molar-refractivity contribution in [3.8, 4) is 0 Å². The van der Waals surface area contributed by atoms with Gasteiger partial charge in [-0.1, -0.05) is 12.2 Å². The number of hydrogen-bond donors (Lipinski definition) is 3. The molecule has 1 unspecified atom stereocenters. The van der Waals surface area contributed by atoms with Crippen molar-refractivity contribution in [1.82, 2.24) is 4.98 Å². The third-order valence-electron chi connectivity index (χ3n) is 2.00. The molecule has 0 aliphatic heterocycles. The van der Waals surface area contributed by atoms with Crippen LogP contribution in [0.5, 0.6) is 0 Å². The molecular weight excluding hydrogens is 224 g/mol. The number of primary amides is 1. The molecule has 0 spiro atoms. The molecule has 1 atom stereocenters. The lowest BCUT2D eigenvalue weighted by molar-refractivity contribution is -0.118. The van der Waals surface area contributed by atoms with Crippen LogP contribution in [0.2, 0.25) is 0 Å². The average molecular weight is 238 g/mol. The van der Waals surface area contributed by atoms with Crippen LogP contribution in [-0.4, -0.2) is 21.9 Å². The summed E-state index contributed by atoms with van der Waals surface area (Å²) in [5.41, 5.74) is 12.1. The van der Waals surface area contributed by atoms with Gasteiger partial charge in [0.2, 0.25) is 5.91 Å². The summed E-state index contributed by atoms with van der Waals surface area (Å²) in [5.74, 6) is -0.360. The highest BCUT2D eigenvalue weighted by molar-refractivity contribution is 7.80. The monoisotopic (exact) mass is 238 g/mol. The van der Waals surface area contributed by atoms with Crippen LogP contribution in [0.3, 0.4) is 0 Å². The molecule has 0 fully saturated rings. The van der Waals surface area contributed by atoms with Gasteiger partial charge in [-0.2, -0.15) is 0 Å². The number of amides is 1. The molecule has 1 rings (SSSR count). The van der Waals surface area contributed by atoms with Crippen molar-refractivity contribution in [2.45, 2.75) is 19.4 Å². The van der Waals surface area contributed by atoms with Crippen LogP contribution in [0.15, 0.2) is 18.5 Å². The van der Waals surface area contributed by atoms with Gasteiger partial charge in [0.25, 0.3) is 0 Å². The van der Waals surface area contributed by atoms with E-state index in [1.807, 2.05) is 6.92 Å². The number of anilines is 1. The molecule has 0 aliphatic rings. The Kier molecular flexibility index (Phi) is 4.19. The molecule has 1 heterocycles. The minimum atomic E-state index is -0.360. The van der Waals surface area contributed by atoms with Gasteiger partial charge in [-0.05, 0) is 13.0 Å². The first kappa shape index (κ1) is 12.4. The van der Waals surface area contributed by atoms with Gasteiger partial charge in [0.1, 0.15) is 4.99 Å². The number of nitrogens with two attached hydrogens (primary N) is 2. The molecule has 1 aromatic rings. The summed E-state index contributed by atoms with van der Waals surface area (Å²) in [6.45, 7) is 1.85. The Morgan fingerprint density at radius 1 is 1.62 bits per heavy atom. The fraction of sp³-hybridized carbons (Fsp3) is 0.300. The summed E-state index contributed by atoms with van der Waals surface area (Å²) in [4.78, 5) is 15.0. The maximum absolute atomic E-state index is 10.7. The van der Waals surface area contributed by atoms with Gasteiger partial charge in [0.15, 0.2) is 0 Å². The zero-order valence-corrected chi connectivity index (χ0v) is 9.75. The van der Waals surface area contributed by atoms with Crippen LogP contribution in [-0.2, 0) is 4.79 Å². The quantitative estimate of drug-likeness (QED) is 0.645. The molecule has 0 bridgehead atoms. The molecule has 0 aromatic carbocycles. The highest BCUT2D eigenvalue weighted by Crippen LogP contribution is 2.14. The highest BCUT2D eigenvalue weighted by Gasteiger charge is 2.09. The normalized spacial score (nSPS) is 11.8. The number of thiocarbonyl (C=S) groups is 1. The van der Waals surface area contributed by atoms with Gasteiger partial charge in [0.05, 0.1) is 11.9 Å². The minimum absolute atomic E-state index is 0.0881. The first-order valence-corrected chi connectivity index (χ1v) is 5.20. The molecule has 16 heavy (non-hydrogen) atoms. The molecule has 0 saturated heterocycles. The Balaban J connectivity index is 2.80. The summed E-state index contributed by atoms with van der Waals surface area (Å²) in [5, 5.41) is 3.09. The Morgan fingerprint density at radius 2 is 2.31 bits per heavy atom. The second kappa shape index (κ2) is 5.41. The van der Waals surface area contributed by atoms with Gasteiger partial charge in [0, 0.05) is 24.2 Å². The molecule has 86 valence electrons. The van der Waals surface area contributed by atoms with Gasteiger partial charge in [-0.15, -0.1) is 0 Å². The Bertz CT molecular complexity index is 408. The van der Waals surface area contributed by atoms with Crippen LogP contribution in [0.25, 0.3) is 0 Å². The van der Waals surface area contributed by atoms with Crippen molar-refractivity contribution in [2.75, 3.05) is 5.32 Å². The summed E-state index contributed by atoms with van der Waals surface area (Å²) in [6.07, 6.45) is 3.47. The number of carbonyl (C=O) groups is 1. The van der Waals surface area contributed by atoms with Gasteiger partial charge >= 0.3 is 0 Å².